The highest BCUT2D eigenvalue weighted by Crippen LogP contribution is 2.34. The Bertz CT molecular complexity index is 1010. The zero-order chi connectivity index (χ0) is 18.7. The first-order valence-corrected chi connectivity index (χ1v) is 8.66. The normalized spacial score (nSPS) is 10.7. The van der Waals surface area contributed by atoms with E-state index in [-0.39, 0.29) is 10.6 Å². The van der Waals surface area contributed by atoms with Gasteiger partial charge in [-0.1, -0.05) is 17.4 Å². The van der Waals surface area contributed by atoms with E-state index >= 15 is 0 Å². The van der Waals surface area contributed by atoms with Gasteiger partial charge in [0.1, 0.15) is 6.33 Å². The van der Waals surface area contributed by atoms with E-state index in [2.05, 4.69) is 15.4 Å². The summed E-state index contributed by atoms with van der Waals surface area (Å²) in [7, 11) is 4.77. The van der Waals surface area contributed by atoms with Crippen molar-refractivity contribution in [2.24, 2.45) is 7.05 Å². The van der Waals surface area contributed by atoms with E-state index in [0.29, 0.717) is 45.9 Å². The zero-order valence-electron chi connectivity index (χ0n) is 14.6. The highest BCUT2D eigenvalue weighted by molar-refractivity contribution is 7.12. The minimum absolute atomic E-state index is 0.255. The number of aryl methyl sites for hydroxylation is 1. The number of nitrogens with one attached hydrogen (secondary N) is 1. The number of fused-ring (bicyclic) bond motifs is 1. The zero-order valence-corrected chi connectivity index (χ0v) is 15.4. The van der Waals surface area contributed by atoms with Crippen LogP contribution in [0, 0.1) is 0 Å². The predicted molar refractivity (Wildman–Crippen MR) is 98.2 cm³/mol. The summed E-state index contributed by atoms with van der Waals surface area (Å²) < 4.78 is 11.9. The molecule has 0 aliphatic heterocycles. The number of hydrogen-bond donors (Lipinski definition) is 1. The number of hydrogen-bond acceptors (Lipinski definition) is 7. The molecule has 0 aliphatic rings. The van der Waals surface area contributed by atoms with Gasteiger partial charge in [0.05, 0.1) is 24.5 Å². The summed E-state index contributed by atoms with van der Waals surface area (Å²) in [4.78, 5) is 29.3. The molecule has 136 valence electrons. The standard InChI is InChI=1S/C17H18N4O4S/c1-21-9-19-13(20-21)6-7-18-16(22)12-8-10-4-5-11(24-2)15(25-3)14(10)17(23)26-12/h4-5,8-9H,6-7H2,1-3H3,(H,18,22). The van der Waals surface area contributed by atoms with Crippen LogP contribution in [0.25, 0.3) is 10.8 Å². The molecule has 2 heterocycles. The Balaban J connectivity index is 1.81. The molecule has 0 aliphatic carbocycles. The van der Waals surface area contributed by atoms with Crippen molar-refractivity contribution < 1.29 is 14.3 Å². The Kier molecular flexibility index (Phi) is 5.17. The van der Waals surface area contributed by atoms with Gasteiger partial charge >= 0.3 is 0 Å². The van der Waals surface area contributed by atoms with Gasteiger partial charge in [0, 0.05) is 20.0 Å². The van der Waals surface area contributed by atoms with E-state index in [0.717, 1.165) is 11.3 Å². The van der Waals surface area contributed by atoms with Crippen molar-refractivity contribution in [3.8, 4) is 11.5 Å². The first kappa shape index (κ1) is 17.9. The fraction of sp³-hybridized carbons (Fsp3) is 0.294. The van der Waals surface area contributed by atoms with Gasteiger partial charge in [-0.25, -0.2) is 4.98 Å². The molecule has 0 atom stereocenters. The summed E-state index contributed by atoms with van der Waals surface area (Å²) in [6.07, 6.45) is 2.12. The summed E-state index contributed by atoms with van der Waals surface area (Å²) >= 11 is 0.875. The first-order valence-electron chi connectivity index (χ1n) is 7.85. The number of carbonyl (C=O) groups is 1. The fourth-order valence-corrected chi connectivity index (χ4v) is 3.44. The number of benzene rings is 1. The maximum Gasteiger partial charge on any atom is 0.261 e. The topological polar surface area (TPSA) is 95.3 Å². The van der Waals surface area contributed by atoms with Gasteiger partial charge in [0.15, 0.2) is 17.3 Å². The Morgan fingerprint density at radius 2 is 2.12 bits per heavy atom. The summed E-state index contributed by atoms with van der Waals surface area (Å²) in [6, 6.07) is 5.12. The van der Waals surface area contributed by atoms with E-state index in [1.165, 1.54) is 14.2 Å². The molecule has 1 aromatic carbocycles. The van der Waals surface area contributed by atoms with Gasteiger partial charge in [-0.05, 0) is 17.5 Å². The molecule has 0 unspecified atom stereocenters. The third kappa shape index (κ3) is 3.52. The molecule has 0 saturated carbocycles. The number of rotatable bonds is 6. The molecule has 8 nitrogen and oxygen atoms in total. The number of carbonyl (C=O) groups excluding carboxylic acids is 1. The molecule has 0 spiro atoms. The second-order valence-electron chi connectivity index (χ2n) is 5.50. The van der Waals surface area contributed by atoms with Gasteiger partial charge in [-0.15, -0.1) is 0 Å². The van der Waals surface area contributed by atoms with Gasteiger partial charge in [0.25, 0.3) is 5.91 Å². The lowest BCUT2D eigenvalue weighted by molar-refractivity contribution is 0.0958. The molecule has 0 saturated heterocycles. The molecule has 1 N–H and O–H groups in total. The Labute approximate surface area is 153 Å². The van der Waals surface area contributed by atoms with Gasteiger partial charge in [0.2, 0.25) is 4.74 Å². The van der Waals surface area contributed by atoms with Crippen LogP contribution in [0.2, 0.25) is 0 Å². The van der Waals surface area contributed by atoms with Crippen LogP contribution < -0.4 is 19.5 Å². The second-order valence-corrected chi connectivity index (χ2v) is 6.52. The van der Waals surface area contributed by atoms with Gasteiger partial charge < -0.3 is 14.8 Å². The average molecular weight is 374 g/mol. The maximum absolute atomic E-state index is 12.5. The molecule has 3 aromatic rings. The van der Waals surface area contributed by atoms with Crippen molar-refractivity contribution in [2.75, 3.05) is 20.8 Å². The molecule has 0 fully saturated rings. The molecule has 26 heavy (non-hydrogen) atoms. The highest BCUT2D eigenvalue weighted by Gasteiger charge is 2.16. The molecule has 0 bridgehead atoms. The van der Waals surface area contributed by atoms with E-state index in [1.807, 2.05) is 0 Å². The SMILES string of the molecule is COc1ccc2cc(C(=O)NCCc3ncn(C)n3)sc(=O)c2c1OC. The predicted octanol–water partition coefficient (Wildman–Crippen LogP) is 1.38. The molecular formula is C17H18N4O4S. The number of ether oxygens (including phenoxy) is 2. The molecule has 3 rings (SSSR count). The fourth-order valence-electron chi connectivity index (χ4n) is 2.58. The van der Waals surface area contributed by atoms with Gasteiger partial charge in [-0.3, -0.25) is 14.3 Å². The monoisotopic (exact) mass is 374 g/mol. The van der Waals surface area contributed by atoms with Crippen LogP contribution in [0.3, 0.4) is 0 Å². The third-order valence-electron chi connectivity index (χ3n) is 3.78. The van der Waals surface area contributed by atoms with Crippen LogP contribution >= 0.6 is 11.3 Å². The second kappa shape index (κ2) is 7.52. The molecule has 0 radical (unpaired) electrons. The van der Waals surface area contributed by atoms with E-state index in [1.54, 1.807) is 36.3 Å². The number of amides is 1. The van der Waals surface area contributed by atoms with Crippen LogP contribution in [0.4, 0.5) is 0 Å². The summed E-state index contributed by atoms with van der Waals surface area (Å²) in [5.41, 5.74) is 0. The quantitative estimate of drug-likeness (QED) is 0.700. The van der Waals surface area contributed by atoms with Crippen molar-refractivity contribution in [1.82, 2.24) is 20.1 Å². The lowest BCUT2D eigenvalue weighted by atomic mass is 10.1. The van der Waals surface area contributed by atoms with Crippen molar-refractivity contribution in [3.63, 3.8) is 0 Å². The molecule has 2 aromatic heterocycles. The highest BCUT2D eigenvalue weighted by atomic mass is 32.1. The van der Waals surface area contributed by atoms with E-state index in [9.17, 15) is 9.59 Å². The van der Waals surface area contributed by atoms with Crippen LogP contribution in [-0.2, 0) is 13.5 Å². The smallest absolute Gasteiger partial charge is 0.261 e. The Morgan fingerprint density at radius 3 is 2.77 bits per heavy atom. The average Bonchev–Trinajstić information content (AvgIpc) is 3.05. The maximum atomic E-state index is 12.5. The van der Waals surface area contributed by atoms with Crippen LogP contribution in [0.15, 0.2) is 29.3 Å². The van der Waals surface area contributed by atoms with E-state index < -0.39 is 0 Å². The lowest BCUT2D eigenvalue weighted by Gasteiger charge is -2.10. The largest absolute Gasteiger partial charge is 0.493 e. The Morgan fingerprint density at radius 1 is 1.31 bits per heavy atom. The van der Waals surface area contributed by atoms with Gasteiger partial charge in [-0.2, -0.15) is 5.10 Å². The first-order chi connectivity index (χ1) is 12.5. The molecular weight excluding hydrogens is 356 g/mol. The van der Waals surface area contributed by atoms with E-state index in [4.69, 9.17) is 9.47 Å². The van der Waals surface area contributed by atoms with Crippen molar-refractivity contribution in [1.29, 1.82) is 0 Å². The third-order valence-corrected chi connectivity index (χ3v) is 4.69. The molecule has 1 amide bonds. The van der Waals surface area contributed by atoms with Crippen LogP contribution in [-0.4, -0.2) is 41.4 Å². The summed E-state index contributed by atoms with van der Waals surface area (Å²) in [6.45, 7) is 0.383. The lowest BCUT2D eigenvalue weighted by Crippen LogP contribution is -2.26. The number of methoxy groups -OCH3 is 2. The summed E-state index contributed by atoms with van der Waals surface area (Å²) in [5.74, 6) is 1.19. The number of nitrogens with zero attached hydrogens (tertiary/aromatic N) is 3. The number of aromatic nitrogens is 3. The minimum Gasteiger partial charge on any atom is -0.493 e. The van der Waals surface area contributed by atoms with Crippen molar-refractivity contribution in [3.05, 3.63) is 44.8 Å². The van der Waals surface area contributed by atoms with Crippen molar-refractivity contribution >= 4 is 28.0 Å². The summed E-state index contributed by atoms with van der Waals surface area (Å²) in [5, 5.41) is 7.98. The van der Waals surface area contributed by atoms with Crippen LogP contribution in [0.5, 0.6) is 11.5 Å². The van der Waals surface area contributed by atoms with Crippen LogP contribution in [0.1, 0.15) is 15.5 Å². The Hall–Kier alpha value is -2.94. The minimum atomic E-state index is -0.306. The molecule has 9 heteroatoms. The van der Waals surface area contributed by atoms with Crippen molar-refractivity contribution in [2.45, 2.75) is 6.42 Å².